The maximum atomic E-state index is 12.4. The zero-order valence-corrected chi connectivity index (χ0v) is 15.1. The van der Waals surface area contributed by atoms with Gasteiger partial charge in [0.1, 0.15) is 0 Å². The average molecular weight is 356 g/mol. The summed E-state index contributed by atoms with van der Waals surface area (Å²) in [4.78, 5) is 24.4. The van der Waals surface area contributed by atoms with Gasteiger partial charge >= 0.3 is 0 Å². The molecule has 8 heteroatoms. The zero-order chi connectivity index (χ0) is 18.7. The van der Waals surface area contributed by atoms with Gasteiger partial charge in [0.15, 0.2) is 12.0 Å². The molecule has 0 radical (unpaired) electrons. The van der Waals surface area contributed by atoms with Crippen LogP contribution in [0.3, 0.4) is 0 Å². The molecule has 25 heavy (non-hydrogen) atoms. The molecule has 1 unspecified atom stereocenters. The highest BCUT2D eigenvalue weighted by molar-refractivity contribution is 6.11. The number of ketones is 1. The molecule has 1 aliphatic rings. The van der Waals surface area contributed by atoms with Gasteiger partial charge < -0.3 is 30.0 Å². The van der Waals surface area contributed by atoms with Crippen LogP contribution in [0.2, 0.25) is 0 Å². The van der Waals surface area contributed by atoms with Gasteiger partial charge in [0.2, 0.25) is 5.78 Å². The fraction of sp³-hybridized carbons (Fsp3) is 0.647. The van der Waals surface area contributed by atoms with Crippen LogP contribution in [0.15, 0.2) is 23.5 Å². The quantitative estimate of drug-likeness (QED) is 0.382. The molecule has 0 fully saturated rings. The molecule has 3 N–H and O–H groups in total. The van der Waals surface area contributed by atoms with Crippen molar-refractivity contribution < 1.29 is 28.5 Å². The largest absolute Gasteiger partial charge is 0.489 e. The number of rotatable bonds is 12. The van der Waals surface area contributed by atoms with Gasteiger partial charge in [-0.25, -0.2) is 0 Å². The lowest BCUT2D eigenvalue weighted by molar-refractivity contribution is -0.140. The first-order valence-electron chi connectivity index (χ1n) is 8.31. The summed E-state index contributed by atoms with van der Waals surface area (Å²) in [7, 11) is 3.03. The molecule has 0 aromatic carbocycles. The Balaban J connectivity index is 2.56. The van der Waals surface area contributed by atoms with Crippen molar-refractivity contribution >= 4 is 11.7 Å². The molecule has 1 aliphatic carbocycles. The Morgan fingerprint density at radius 1 is 1.32 bits per heavy atom. The van der Waals surface area contributed by atoms with Crippen molar-refractivity contribution in [3.63, 3.8) is 0 Å². The number of unbranched alkanes of at least 4 members (excludes halogenated alkanes) is 1. The van der Waals surface area contributed by atoms with Crippen LogP contribution < -0.4 is 11.1 Å². The molecule has 1 atom stereocenters. The SMILES string of the molecule is CCCCOC1=C(C(=O)NCCOCC(OC)OC)C(N)C=CC1=O. The summed E-state index contributed by atoms with van der Waals surface area (Å²) >= 11 is 0. The number of ether oxygens (including phenoxy) is 4. The molecule has 0 aliphatic heterocycles. The standard InChI is InChI=1S/C17H28N2O6/c1-4-5-9-25-16-13(20)7-6-12(18)15(16)17(21)19-8-10-24-11-14(22-2)23-3/h6-7,12,14H,4-5,8-11,18H2,1-3H3,(H,19,21). The Bertz CT molecular complexity index is 499. The monoisotopic (exact) mass is 356 g/mol. The molecular formula is C17H28N2O6. The average Bonchev–Trinajstić information content (AvgIpc) is 2.61. The van der Waals surface area contributed by atoms with Crippen LogP contribution >= 0.6 is 0 Å². The first-order valence-corrected chi connectivity index (χ1v) is 8.31. The van der Waals surface area contributed by atoms with Crippen molar-refractivity contribution in [3.05, 3.63) is 23.5 Å². The molecule has 0 heterocycles. The van der Waals surface area contributed by atoms with Crippen molar-refractivity contribution in [1.82, 2.24) is 5.32 Å². The summed E-state index contributed by atoms with van der Waals surface area (Å²) in [6.07, 6.45) is 4.08. The molecule has 0 aromatic rings. The van der Waals surface area contributed by atoms with E-state index in [1.165, 1.54) is 26.4 Å². The Kier molecular flexibility index (Phi) is 10.0. The molecular weight excluding hydrogens is 328 g/mol. The summed E-state index contributed by atoms with van der Waals surface area (Å²) in [5.74, 6) is -0.752. The Morgan fingerprint density at radius 2 is 2.04 bits per heavy atom. The maximum Gasteiger partial charge on any atom is 0.253 e. The molecule has 8 nitrogen and oxygen atoms in total. The molecule has 0 saturated heterocycles. The van der Waals surface area contributed by atoms with Crippen LogP contribution in [0.4, 0.5) is 0 Å². The Morgan fingerprint density at radius 3 is 2.68 bits per heavy atom. The molecule has 1 amide bonds. The van der Waals surface area contributed by atoms with E-state index < -0.39 is 18.2 Å². The highest BCUT2D eigenvalue weighted by atomic mass is 16.7. The second-order valence-electron chi connectivity index (χ2n) is 5.43. The minimum absolute atomic E-state index is 0.0284. The fourth-order valence-electron chi connectivity index (χ4n) is 2.11. The number of nitrogens with one attached hydrogen (secondary N) is 1. The van der Waals surface area contributed by atoms with Crippen LogP contribution in [0.1, 0.15) is 19.8 Å². The number of carbonyl (C=O) groups excluding carboxylic acids is 2. The smallest absolute Gasteiger partial charge is 0.253 e. The first kappa shape index (κ1) is 21.3. The number of amides is 1. The topological polar surface area (TPSA) is 109 Å². The minimum atomic E-state index is -0.679. The fourth-order valence-corrected chi connectivity index (χ4v) is 2.11. The normalized spacial score (nSPS) is 17.3. The van der Waals surface area contributed by atoms with Gasteiger partial charge in [-0.15, -0.1) is 0 Å². The summed E-state index contributed by atoms with van der Waals surface area (Å²) < 4.78 is 20.8. The first-order chi connectivity index (χ1) is 12.0. The minimum Gasteiger partial charge on any atom is -0.489 e. The van der Waals surface area contributed by atoms with E-state index in [9.17, 15) is 9.59 Å². The van der Waals surface area contributed by atoms with E-state index >= 15 is 0 Å². The van der Waals surface area contributed by atoms with E-state index in [-0.39, 0.29) is 36.9 Å². The molecule has 0 spiro atoms. The lowest BCUT2D eigenvalue weighted by Gasteiger charge is -2.20. The zero-order valence-electron chi connectivity index (χ0n) is 15.1. The third-order valence-electron chi connectivity index (χ3n) is 3.56. The van der Waals surface area contributed by atoms with Gasteiger partial charge in [-0.3, -0.25) is 9.59 Å². The summed E-state index contributed by atoms with van der Waals surface area (Å²) in [6.45, 7) is 3.16. The van der Waals surface area contributed by atoms with Crippen LogP contribution in [0.25, 0.3) is 0 Å². The van der Waals surface area contributed by atoms with Gasteiger partial charge in [-0.1, -0.05) is 19.4 Å². The maximum absolute atomic E-state index is 12.4. The summed E-state index contributed by atoms with van der Waals surface area (Å²) in [6, 6.07) is -0.679. The predicted octanol–water partition coefficient (Wildman–Crippen LogP) is 0.275. The third-order valence-corrected chi connectivity index (χ3v) is 3.56. The van der Waals surface area contributed by atoms with E-state index in [0.717, 1.165) is 12.8 Å². The lowest BCUT2D eigenvalue weighted by atomic mass is 9.97. The molecule has 0 aromatic heterocycles. The van der Waals surface area contributed by atoms with Gasteiger partial charge in [0.05, 0.1) is 31.4 Å². The molecule has 142 valence electrons. The van der Waals surface area contributed by atoms with Crippen LogP contribution in [-0.4, -0.2) is 64.6 Å². The number of methoxy groups -OCH3 is 2. The summed E-state index contributed by atoms with van der Waals surface area (Å²) in [5.41, 5.74) is 6.09. The highest BCUT2D eigenvalue weighted by Crippen LogP contribution is 2.18. The van der Waals surface area contributed by atoms with E-state index in [0.29, 0.717) is 6.61 Å². The Hall–Kier alpha value is -1.74. The van der Waals surface area contributed by atoms with Crippen LogP contribution in [-0.2, 0) is 28.5 Å². The number of hydrogen-bond acceptors (Lipinski definition) is 7. The number of nitrogens with two attached hydrogens (primary N) is 1. The molecule has 1 rings (SSSR count). The van der Waals surface area contributed by atoms with Gasteiger partial charge in [-0.2, -0.15) is 0 Å². The van der Waals surface area contributed by atoms with Crippen molar-refractivity contribution in [2.24, 2.45) is 5.73 Å². The second kappa shape index (κ2) is 11.8. The highest BCUT2D eigenvalue weighted by Gasteiger charge is 2.28. The number of hydrogen-bond donors (Lipinski definition) is 2. The summed E-state index contributed by atoms with van der Waals surface area (Å²) in [5, 5.41) is 2.68. The van der Waals surface area contributed by atoms with Gasteiger partial charge in [0, 0.05) is 20.8 Å². The van der Waals surface area contributed by atoms with Gasteiger partial charge in [-0.05, 0) is 12.5 Å². The molecule has 0 saturated carbocycles. The van der Waals surface area contributed by atoms with E-state index in [4.69, 9.17) is 24.7 Å². The van der Waals surface area contributed by atoms with Crippen LogP contribution in [0, 0.1) is 0 Å². The third kappa shape index (κ3) is 6.95. The van der Waals surface area contributed by atoms with Crippen molar-refractivity contribution in [1.29, 1.82) is 0 Å². The van der Waals surface area contributed by atoms with E-state index in [1.807, 2.05) is 6.92 Å². The van der Waals surface area contributed by atoms with E-state index in [1.54, 1.807) is 0 Å². The molecule has 0 bridgehead atoms. The predicted molar refractivity (Wildman–Crippen MR) is 91.6 cm³/mol. The van der Waals surface area contributed by atoms with Crippen molar-refractivity contribution in [2.75, 3.05) is 40.6 Å². The second-order valence-corrected chi connectivity index (χ2v) is 5.43. The number of carbonyl (C=O) groups is 2. The van der Waals surface area contributed by atoms with Gasteiger partial charge in [0.25, 0.3) is 5.91 Å². The van der Waals surface area contributed by atoms with Crippen molar-refractivity contribution in [3.8, 4) is 0 Å². The number of allylic oxidation sites excluding steroid dienone is 1. The van der Waals surface area contributed by atoms with Crippen LogP contribution in [0.5, 0.6) is 0 Å². The van der Waals surface area contributed by atoms with E-state index in [2.05, 4.69) is 5.32 Å². The van der Waals surface area contributed by atoms with Crippen molar-refractivity contribution in [2.45, 2.75) is 32.1 Å². The lowest BCUT2D eigenvalue weighted by Crippen LogP contribution is -2.39. The Labute approximate surface area is 148 Å².